The Hall–Kier alpha value is -3.24. The van der Waals surface area contributed by atoms with E-state index in [4.69, 9.17) is 27.9 Å². The van der Waals surface area contributed by atoms with Crippen LogP contribution in [0.1, 0.15) is 16.8 Å². The van der Waals surface area contributed by atoms with Crippen LogP contribution >= 0.6 is 23.2 Å². The molecule has 0 aliphatic heterocycles. The van der Waals surface area contributed by atoms with Crippen LogP contribution in [0, 0.1) is 17.0 Å². The molecule has 12 heteroatoms. The van der Waals surface area contributed by atoms with Crippen molar-refractivity contribution in [1.82, 2.24) is 9.55 Å². The molecule has 0 fully saturated rings. The van der Waals surface area contributed by atoms with Crippen LogP contribution in [0.5, 0.6) is 5.75 Å². The number of H-pyrrole nitrogens is 1. The van der Waals surface area contributed by atoms with Crippen LogP contribution in [0.15, 0.2) is 52.1 Å². The molecule has 0 atom stereocenters. The lowest BCUT2D eigenvalue weighted by molar-refractivity contribution is -0.384. The lowest BCUT2D eigenvalue weighted by Gasteiger charge is -2.17. The van der Waals surface area contributed by atoms with Crippen LogP contribution in [0.2, 0.25) is 5.02 Å². The van der Waals surface area contributed by atoms with E-state index in [1.54, 1.807) is 11.1 Å². The molecule has 8 nitrogen and oxygen atoms in total. The van der Waals surface area contributed by atoms with Gasteiger partial charge in [-0.3, -0.25) is 24.5 Å². The normalized spacial score (nSPS) is 11.4. The molecule has 0 aliphatic carbocycles. The quantitative estimate of drug-likeness (QED) is 0.328. The number of hydrogen-bond donors (Lipinski definition) is 1. The summed E-state index contributed by atoms with van der Waals surface area (Å²) in [5.74, 6) is 0.0553. The van der Waals surface area contributed by atoms with E-state index in [1.807, 2.05) is 25.1 Å². The minimum Gasteiger partial charge on any atom is -0.489 e. The molecule has 1 heterocycles. The number of aromatic nitrogens is 2. The van der Waals surface area contributed by atoms with Gasteiger partial charge in [-0.15, -0.1) is 0 Å². The monoisotopic (exact) mass is 471 g/mol. The number of aromatic amines is 1. The van der Waals surface area contributed by atoms with Crippen molar-refractivity contribution < 1.29 is 18.4 Å². The summed E-state index contributed by atoms with van der Waals surface area (Å²) in [6.07, 6.45) is 0. The van der Waals surface area contributed by atoms with Gasteiger partial charge in [0.25, 0.3) is 11.2 Å². The Balaban J connectivity index is 2.11. The Labute approximate surface area is 182 Å². The van der Waals surface area contributed by atoms with Crippen molar-refractivity contribution in [2.45, 2.75) is 18.9 Å². The molecule has 3 aromatic rings. The molecule has 0 radical (unpaired) electrons. The van der Waals surface area contributed by atoms with Crippen LogP contribution in [0.25, 0.3) is 5.69 Å². The molecule has 3 rings (SSSR count). The van der Waals surface area contributed by atoms with E-state index in [1.165, 1.54) is 6.07 Å². The molecular weight excluding hydrogens is 459 g/mol. The van der Waals surface area contributed by atoms with Gasteiger partial charge in [0.15, 0.2) is 0 Å². The predicted molar refractivity (Wildman–Crippen MR) is 110 cm³/mol. The average Bonchev–Trinajstić information content (AvgIpc) is 2.68. The smallest absolute Gasteiger partial charge is 0.365 e. The first kappa shape index (κ1) is 22.4. The first-order chi connectivity index (χ1) is 14.5. The second-order valence-electron chi connectivity index (χ2n) is 6.44. The molecule has 0 bridgehead atoms. The molecule has 0 unspecified atom stereocenters. The maximum absolute atomic E-state index is 13.9. The van der Waals surface area contributed by atoms with Gasteiger partial charge in [0, 0.05) is 0 Å². The SMILES string of the molecule is Cc1cccc(COc2ccc(-n3c(C(F)(F)Cl)c(Cl)c(=O)[nH]c3=O)c([N+](=O)[O-])c2)c1. The number of alkyl halides is 3. The number of nitrogens with zero attached hydrogens (tertiary/aromatic N) is 2. The van der Waals surface area contributed by atoms with Crippen molar-refractivity contribution in [2.24, 2.45) is 0 Å². The second-order valence-corrected chi connectivity index (χ2v) is 7.29. The first-order valence-electron chi connectivity index (χ1n) is 8.58. The van der Waals surface area contributed by atoms with Crippen LogP contribution < -0.4 is 16.0 Å². The van der Waals surface area contributed by atoms with E-state index in [9.17, 15) is 28.5 Å². The molecule has 31 heavy (non-hydrogen) atoms. The van der Waals surface area contributed by atoms with Gasteiger partial charge < -0.3 is 4.74 Å². The number of hydrogen-bond acceptors (Lipinski definition) is 5. The summed E-state index contributed by atoms with van der Waals surface area (Å²) in [6, 6.07) is 10.6. The zero-order valence-corrected chi connectivity index (χ0v) is 17.2. The van der Waals surface area contributed by atoms with Crippen molar-refractivity contribution in [3.8, 4) is 11.4 Å². The third kappa shape index (κ3) is 4.75. The Kier molecular flexibility index (Phi) is 6.14. The van der Waals surface area contributed by atoms with Crippen LogP contribution in [-0.2, 0) is 12.0 Å². The lowest BCUT2D eigenvalue weighted by atomic mass is 10.1. The van der Waals surface area contributed by atoms with E-state index in [-0.39, 0.29) is 16.9 Å². The summed E-state index contributed by atoms with van der Waals surface area (Å²) in [4.78, 5) is 36.4. The molecule has 0 amide bonds. The molecular formula is C19H13Cl2F2N3O5. The van der Waals surface area contributed by atoms with Crippen molar-refractivity contribution >= 4 is 28.9 Å². The number of benzene rings is 2. The topological polar surface area (TPSA) is 107 Å². The Bertz CT molecular complexity index is 1280. The van der Waals surface area contributed by atoms with Gasteiger partial charge in [-0.1, -0.05) is 41.4 Å². The van der Waals surface area contributed by atoms with E-state index >= 15 is 0 Å². The maximum atomic E-state index is 13.9. The summed E-state index contributed by atoms with van der Waals surface area (Å²) in [5.41, 5.74) is -3.59. The Morgan fingerprint density at radius 3 is 2.55 bits per heavy atom. The van der Waals surface area contributed by atoms with Gasteiger partial charge in [-0.2, -0.15) is 8.78 Å². The molecule has 1 N–H and O–H groups in total. The summed E-state index contributed by atoms with van der Waals surface area (Å²) >= 11 is 10.7. The second kappa shape index (κ2) is 8.48. The molecule has 0 aliphatic rings. The number of ether oxygens (including phenoxy) is 1. The molecule has 0 saturated carbocycles. The van der Waals surface area contributed by atoms with Gasteiger partial charge in [0.05, 0.1) is 11.0 Å². The highest BCUT2D eigenvalue weighted by molar-refractivity contribution is 6.32. The summed E-state index contributed by atoms with van der Waals surface area (Å²) < 4.78 is 33.6. The summed E-state index contributed by atoms with van der Waals surface area (Å²) in [7, 11) is 0. The predicted octanol–water partition coefficient (Wildman–Crippen LogP) is 4.26. The highest BCUT2D eigenvalue weighted by Gasteiger charge is 2.38. The van der Waals surface area contributed by atoms with Crippen molar-refractivity contribution in [3.05, 3.63) is 95.3 Å². The van der Waals surface area contributed by atoms with Crippen LogP contribution in [-0.4, -0.2) is 14.5 Å². The van der Waals surface area contributed by atoms with Crippen molar-refractivity contribution in [3.63, 3.8) is 0 Å². The number of halogens is 4. The van der Waals surface area contributed by atoms with E-state index in [0.717, 1.165) is 23.3 Å². The van der Waals surface area contributed by atoms with E-state index in [0.29, 0.717) is 0 Å². The largest absolute Gasteiger partial charge is 0.489 e. The van der Waals surface area contributed by atoms with Gasteiger partial charge >= 0.3 is 11.1 Å². The summed E-state index contributed by atoms with van der Waals surface area (Å²) in [6.45, 7) is 1.98. The van der Waals surface area contributed by atoms with E-state index < -0.39 is 43.6 Å². The number of nitro benzene ring substituents is 1. The number of aryl methyl sites for hydroxylation is 1. The fourth-order valence-corrected chi connectivity index (χ4v) is 3.37. The van der Waals surface area contributed by atoms with Crippen LogP contribution in [0.3, 0.4) is 0 Å². The molecule has 0 spiro atoms. The molecule has 1 aromatic heterocycles. The average molecular weight is 472 g/mol. The van der Waals surface area contributed by atoms with Gasteiger partial charge in [0.1, 0.15) is 28.8 Å². The first-order valence-corrected chi connectivity index (χ1v) is 9.34. The van der Waals surface area contributed by atoms with E-state index in [2.05, 4.69) is 0 Å². The molecule has 0 saturated heterocycles. The zero-order valence-electron chi connectivity index (χ0n) is 15.7. The minimum absolute atomic E-state index is 0.0553. The fourth-order valence-electron chi connectivity index (χ4n) is 2.89. The molecule has 162 valence electrons. The van der Waals surface area contributed by atoms with Crippen LogP contribution in [0.4, 0.5) is 14.5 Å². The highest BCUT2D eigenvalue weighted by Crippen LogP contribution is 2.38. The third-order valence-electron chi connectivity index (χ3n) is 4.20. The maximum Gasteiger partial charge on any atom is 0.365 e. The highest BCUT2D eigenvalue weighted by atomic mass is 35.5. The molecule has 2 aromatic carbocycles. The standard InChI is InChI=1S/C19H13Cl2F2N3O5/c1-10-3-2-4-11(7-10)9-31-12-5-6-13(14(8-12)26(29)30)25-16(19(21,22)23)15(20)17(27)24-18(25)28/h2-8H,9H2,1H3,(H,24,27,28). The Morgan fingerprint density at radius 2 is 1.94 bits per heavy atom. The van der Waals surface area contributed by atoms with Crippen molar-refractivity contribution in [2.75, 3.05) is 0 Å². The minimum atomic E-state index is -4.27. The third-order valence-corrected chi connectivity index (χ3v) is 4.73. The van der Waals surface area contributed by atoms with Gasteiger partial charge in [-0.25, -0.2) is 4.79 Å². The number of rotatable bonds is 6. The Morgan fingerprint density at radius 1 is 1.23 bits per heavy atom. The number of nitro groups is 1. The number of nitrogens with one attached hydrogen (secondary N) is 1. The summed E-state index contributed by atoms with van der Waals surface area (Å²) in [5, 5.41) is 6.26. The zero-order chi connectivity index (χ0) is 22.9. The van der Waals surface area contributed by atoms with Gasteiger partial charge in [-0.05, 0) is 36.2 Å². The van der Waals surface area contributed by atoms with Crippen molar-refractivity contribution in [1.29, 1.82) is 0 Å². The fraction of sp³-hybridized carbons (Fsp3) is 0.158. The van der Waals surface area contributed by atoms with Gasteiger partial charge in [0.2, 0.25) is 0 Å². The lowest BCUT2D eigenvalue weighted by Crippen LogP contribution is -2.35.